The van der Waals surface area contributed by atoms with Crippen LogP contribution >= 0.6 is 0 Å². The molecule has 3 nitrogen and oxygen atoms in total. The number of para-hydroxylation sites is 2. The Hall–Kier alpha value is -1.51. The van der Waals surface area contributed by atoms with Gasteiger partial charge in [0.25, 0.3) is 0 Å². The van der Waals surface area contributed by atoms with Crippen LogP contribution in [0.2, 0.25) is 0 Å². The van der Waals surface area contributed by atoms with Gasteiger partial charge >= 0.3 is 5.97 Å². The van der Waals surface area contributed by atoms with E-state index in [9.17, 15) is 4.79 Å². The van der Waals surface area contributed by atoms with Crippen LogP contribution in [0.5, 0.6) is 5.75 Å². The fraction of sp³-hybridized carbons (Fsp3) is 0.300. The van der Waals surface area contributed by atoms with Crippen LogP contribution in [0, 0.1) is 5.92 Å². The summed E-state index contributed by atoms with van der Waals surface area (Å²) in [7, 11) is 0. The molecule has 2 rings (SSSR count). The Morgan fingerprint density at radius 1 is 1.38 bits per heavy atom. The van der Waals surface area contributed by atoms with E-state index in [1.165, 1.54) is 0 Å². The van der Waals surface area contributed by atoms with Crippen molar-refractivity contribution < 1.29 is 9.53 Å². The van der Waals surface area contributed by atoms with Gasteiger partial charge in [-0.3, -0.25) is 4.79 Å². The second-order valence-electron chi connectivity index (χ2n) is 3.23. The van der Waals surface area contributed by atoms with Crippen LogP contribution in [-0.2, 0) is 4.79 Å². The summed E-state index contributed by atoms with van der Waals surface area (Å²) in [5, 5.41) is 0. The maximum Gasteiger partial charge on any atom is 0.314 e. The zero-order valence-corrected chi connectivity index (χ0v) is 7.19. The topological polar surface area (TPSA) is 52.3 Å². The molecule has 1 saturated carbocycles. The number of ether oxygens (including phenoxy) is 1. The van der Waals surface area contributed by atoms with Gasteiger partial charge < -0.3 is 10.5 Å². The van der Waals surface area contributed by atoms with E-state index in [4.69, 9.17) is 10.5 Å². The molecular formula is C10H11NO2. The highest BCUT2D eigenvalue weighted by molar-refractivity contribution is 5.78. The Balaban J connectivity index is 2.08. The average Bonchev–Trinajstić information content (AvgIpc) is 2.91. The van der Waals surface area contributed by atoms with E-state index in [-0.39, 0.29) is 11.9 Å². The standard InChI is InChI=1S/C10H11NO2/c11-8-3-1-2-4-9(8)13-10(12)7-5-6-7/h1-4,7H,5-6,11H2. The van der Waals surface area contributed by atoms with Crippen LogP contribution in [0.4, 0.5) is 5.69 Å². The lowest BCUT2D eigenvalue weighted by molar-refractivity contribution is -0.135. The molecule has 0 unspecified atom stereocenters. The first-order valence-corrected chi connectivity index (χ1v) is 4.33. The number of hydrogen-bond acceptors (Lipinski definition) is 3. The number of carbonyl (C=O) groups excluding carboxylic acids is 1. The van der Waals surface area contributed by atoms with Gasteiger partial charge in [-0.2, -0.15) is 0 Å². The maximum absolute atomic E-state index is 11.2. The molecule has 1 aliphatic rings. The number of esters is 1. The fourth-order valence-electron chi connectivity index (χ4n) is 1.08. The van der Waals surface area contributed by atoms with Crippen molar-refractivity contribution in [2.24, 2.45) is 5.92 Å². The summed E-state index contributed by atoms with van der Waals surface area (Å²) in [5.74, 6) is 0.428. The SMILES string of the molecule is Nc1ccccc1OC(=O)C1CC1. The van der Waals surface area contributed by atoms with Crippen molar-refractivity contribution in [3.63, 3.8) is 0 Å². The summed E-state index contributed by atoms with van der Waals surface area (Å²) in [6.45, 7) is 0. The lowest BCUT2D eigenvalue weighted by Gasteiger charge is -2.04. The van der Waals surface area contributed by atoms with E-state index >= 15 is 0 Å². The Morgan fingerprint density at radius 2 is 2.08 bits per heavy atom. The maximum atomic E-state index is 11.2. The highest BCUT2D eigenvalue weighted by Gasteiger charge is 2.31. The predicted octanol–water partition coefficient (Wildman–Crippen LogP) is 1.58. The molecule has 1 aromatic carbocycles. The molecule has 0 aromatic heterocycles. The first kappa shape index (κ1) is 8.10. The first-order chi connectivity index (χ1) is 6.27. The van der Waals surface area contributed by atoms with E-state index in [1.54, 1.807) is 18.2 Å². The largest absolute Gasteiger partial charge is 0.424 e. The molecular weight excluding hydrogens is 166 g/mol. The summed E-state index contributed by atoms with van der Waals surface area (Å²) in [5.41, 5.74) is 6.12. The highest BCUT2D eigenvalue weighted by atomic mass is 16.5. The Morgan fingerprint density at radius 3 is 2.69 bits per heavy atom. The van der Waals surface area contributed by atoms with Gasteiger partial charge in [0.05, 0.1) is 11.6 Å². The van der Waals surface area contributed by atoms with Crippen LogP contribution in [0.25, 0.3) is 0 Å². The van der Waals surface area contributed by atoms with Crippen LogP contribution in [-0.4, -0.2) is 5.97 Å². The lowest BCUT2D eigenvalue weighted by atomic mass is 10.3. The third-order valence-electron chi connectivity index (χ3n) is 2.04. The molecule has 0 heterocycles. The third kappa shape index (κ3) is 1.80. The molecule has 0 atom stereocenters. The lowest BCUT2D eigenvalue weighted by Crippen LogP contribution is -2.10. The van der Waals surface area contributed by atoms with Gasteiger partial charge in [-0.25, -0.2) is 0 Å². The van der Waals surface area contributed by atoms with Gasteiger partial charge in [0, 0.05) is 0 Å². The van der Waals surface area contributed by atoms with Crippen molar-refractivity contribution >= 4 is 11.7 Å². The zero-order valence-electron chi connectivity index (χ0n) is 7.19. The second-order valence-corrected chi connectivity index (χ2v) is 3.23. The molecule has 0 saturated heterocycles. The van der Waals surface area contributed by atoms with E-state index in [0.717, 1.165) is 12.8 Å². The zero-order chi connectivity index (χ0) is 9.26. The van der Waals surface area contributed by atoms with E-state index < -0.39 is 0 Å². The molecule has 1 aromatic rings. The van der Waals surface area contributed by atoms with Crippen LogP contribution in [0.15, 0.2) is 24.3 Å². The molecule has 0 bridgehead atoms. The quantitative estimate of drug-likeness (QED) is 0.424. The summed E-state index contributed by atoms with van der Waals surface area (Å²) < 4.78 is 5.11. The van der Waals surface area contributed by atoms with Gasteiger partial charge in [-0.05, 0) is 25.0 Å². The highest BCUT2D eigenvalue weighted by Crippen LogP contribution is 2.31. The minimum absolute atomic E-state index is 0.111. The molecule has 13 heavy (non-hydrogen) atoms. The summed E-state index contributed by atoms with van der Waals surface area (Å²) in [6, 6.07) is 7.03. The average molecular weight is 177 g/mol. The van der Waals surface area contributed by atoms with Gasteiger partial charge in [0.1, 0.15) is 0 Å². The van der Waals surface area contributed by atoms with Crippen molar-refractivity contribution in [1.82, 2.24) is 0 Å². The van der Waals surface area contributed by atoms with Crippen molar-refractivity contribution in [3.05, 3.63) is 24.3 Å². The predicted molar refractivity (Wildman–Crippen MR) is 49.2 cm³/mol. The minimum atomic E-state index is -0.155. The molecule has 1 fully saturated rings. The Kier molecular flexibility index (Phi) is 1.93. The number of nitrogen functional groups attached to an aromatic ring is 1. The molecule has 0 spiro atoms. The normalized spacial score (nSPS) is 15.4. The van der Waals surface area contributed by atoms with Gasteiger partial charge in [0.2, 0.25) is 0 Å². The number of nitrogens with two attached hydrogens (primary N) is 1. The molecule has 2 N–H and O–H groups in total. The minimum Gasteiger partial charge on any atom is -0.424 e. The number of rotatable bonds is 2. The Bertz CT molecular complexity index is 331. The van der Waals surface area contributed by atoms with Gasteiger partial charge in [0.15, 0.2) is 5.75 Å². The number of benzene rings is 1. The molecule has 68 valence electrons. The molecule has 3 heteroatoms. The second kappa shape index (κ2) is 3.09. The summed E-state index contributed by atoms with van der Waals surface area (Å²) in [4.78, 5) is 11.2. The first-order valence-electron chi connectivity index (χ1n) is 4.33. The molecule has 0 amide bonds. The van der Waals surface area contributed by atoms with Crippen molar-refractivity contribution in [3.8, 4) is 5.75 Å². The van der Waals surface area contributed by atoms with E-state index in [0.29, 0.717) is 11.4 Å². The number of hydrogen-bond donors (Lipinski definition) is 1. The van der Waals surface area contributed by atoms with Crippen molar-refractivity contribution in [2.45, 2.75) is 12.8 Å². The third-order valence-corrected chi connectivity index (χ3v) is 2.04. The van der Waals surface area contributed by atoms with Crippen molar-refractivity contribution in [1.29, 1.82) is 0 Å². The van der Waals surface area contributed by atoms with E-state index in [1.807, 2.05) is 6.07 Å². The van der Waals surface area contributed by atoms with Gasteiger partial charge in [-0.15, -0.1) is 0 Å². The summed E-state index contributed by atoms with van der Waals surface area (Å²) >= 11 is 0. The molecule has 0 aliphatic heterocycles. The van der Waals surface area contributed by atoms with E-state index in [2.05, 4.69) is 0 Å². The number of carbonyl (C=O) groups is 1. The number of anilines is 1. The van der Waals surface area contributed by atoms with Crippen LogP contribution in [0.3, 0.4) is 0 Å². The van der Waals surface area contributed by atoms with Crippen LogP contribution in [0.1, 0.15) is 12.8 Å². The monoisotopic (exact) mass is 177 g/mol. The Labute approximate surface area is 76.5 Å². The van der Waals surface area contributed by atoms with Gasteiger partial charge in [-0.1, -0.05) is 12.1 Å². The van der Waals surface area contributed by atoms with Crippen molar-refractivity contribution in [2.75, 3.05) is 5.73 Å². The summed E-state index contributed by atoms with van der Waals surface area (Å²) in [6.07, 6.45) is 1.90. The van der Waals surface area contributed by atoms with Crippen LogP contribution < -0.4 is 10.5 Å². The molecule has 1 aliphatic carbocycles. The fourth-order valence-corrected chi connectivity index (χ4v) is 1.08. The molecule has 0 radical (unpaired) electrons. The smallest absolute Gasteiger partial charge is 0.314 e.